The fourth-order valence-corrected chi connectivity index (χ4v) is 2.86. The summed E-state index contributed by atoms with van der Waals surface area (Å²) >= 11 is 0. The standard InChI is InChI=1S/C17H20N2/c18-16-8-3-5-14(13-16)6-4-11-19-12-10-15-7-1-2-9-17(15)19/h1-3,5,7-9,13H,4,6,10-12,18H2. The molecule has 0 unspecified atom stereocenters. The molecule has 0 amide bonds. The molecule has 0 aromatic heterocycles. The molecule has 2 aromatic carbocycles. The van der Waals surface area contributed by atoms with Gasteiger partial charge in [-0.1, -0.05) is 30.3 Å². The van der Waals surface area contributed by atoms with E-state index in [4.69, 9.17) is 5.73 Å². The van der Waals surface area contributed by atoms with Crippen LogP contribution in [-0.2, 0) is 12.8 Å². The van der Waals surface area contributed by atoms with Crippen LogP contribution in [-0.4, -0.2) is 13.1 Å². The number of aryl methyl sites for hydroxylation is 1. The number of para-hydroxylation sites is 1. The molecule has 0 aliphatic carbocycles. The van der Waals surface area contributed by atoms with Crippen molar-refractivity contribution in [1.29, 1.82) is 0 Å². The van der Waals surface area contributed by atoms with Gasteiger partial charge in [-0.05, 0) is 48.6 Å². The van der Waals surface area contributed by atoms with Crippen molar-refractivity contribution < 1.29 is 0 Å². The van der Waals surface area contributed by atoms with Crippen molar-refractivity contribution in [2.24, 2.45) is 0 Å². The van der Waals surface area contributed by atoms with Gasteiger partial charge in [0.2, 0.25) is 0 Å². The van der Waals surface area contributed by atoms with E-state index in [1.54, 1.807) is 0 Å². The van der Waals surface area contributed by atoms with Crippen LogP contribution < -0.4 is 10.6 Å². The fraction of sp³-hybridized carbons (Fsp3) is 0.294. The molecule has 1 aliphatic heterocycles. The van der Waals surface area contributed by atoms with Crippen molar-refractivity contribution >= 4 is 11.4 Å². The van der Waals surface area contributed by atoms with Gasteiger partial charge in [0.05, 0.1) is 0 Å². The average molecular weight is 252 g/mol. The Morgan fingerprint density at radius 1 is 1.05 bits per heavy atom. The Labute approximate surface area is 114 Å². The van der Waals surface area contributed by atoms with Gasteiger partial charge in [0.1, 0.15) is 0 Å². The number of benzene rings is 2. The van der Waals surface area contributed by atoms with E-state index in [0.29, 0.717) is 0 Å². The summed E-state index contributed by atoms with van der Waals surface area (Å²) in [7, 11) is 0. The molecule has 1 aliphatic rings. The maximum atomic E-state index is 5.81. The molecule has 2 heteroatoms. The van der Waals surface area contributed by atoms with Crippen molar-refractivity contribution in [3.05, 3.63) is 59.7 Å². The summed E-state index contributed by atoms with van der Waals surface area (Å²) < 4.78 is 0. The third kappa shape index (κ3) is 2.73. The molecule has 0 fully saturated rings. The molecular formula is C17H20N2. The van der Waals surface area contributed by atoms with Crippen LogP contribution in [0, 0.1) is 0 Å². The Hall–Kier alpha value is -1.96. The van der Waals surface area contributed by atoms with Crippen molar-refractivity contribution in [3.63, 3.8) is 0 Å². The van der Waals surface area contributed by atoms with E-state index in [2.05, 4.69) is 41.3 Å². The van der Waals surface area contributed by atoms with Gasteiger partial charge in [0.15, 0.2) is 0 Å². The second kappa shape index (κ2) is 5.35. The monoisotopic (exact) mass is 252 g/mol. The smallest absolute Gasteiger partial charge is 0.0399 e. The van der Waals surface area contributed by atoms with Gasteiger partial charge in [-0.15, -0.1) is 0 Å². The zero-order chi connectivity index (χ0) is 13.1. The first-order valence-corrected chi connectivity index (χ1v) is 7.00. The van der Waals surface area contributed by atoms with Gasteiger partial charge in [-0.2, -0.15) is 0 Å². The molecule has 0 radical (unpaired) electrons. The second-order valence-corrected chi connectivity index (χ2v) is 5.21. The first-order valence-electron chi connectivity index (χ1n) is 7.00. The van der Waals surface area contributed by atoms with Crippen LogP contribution in [0.5, 0.6) is 0 Å². The molecule has 2 nitrogen and oxygen atoms in total. The van der Waals surface area contributed by atoms with Crippen molar-refractivity contribution in [3.8, 4) is 0 Å². The lowest BCUT2D eigenvalue weighted by Crippen LogP contribution is -2.22. The summed E-state index contributed by atoms with van der Waals surface area (Å²) in [6, 6.07) is 17.0. The molecular weight excluding hydrogens is 232 g/mol. The quantitative estimate of drug-likeness (QED) is 0.846. The minimum Gasteiger partial charge on any atom is -0.399 e. The average Bonchev–Trinajstić information content (AvgIpc) is 2.83. The lowest BCUT2D eigenvalue weighted by atomic mass is 10.1. The Kier molecular flexibility index (Phi) is 3.41. The van der Waals surface area contributed by atoms with E-state index in [1.165, 1.54) is 29.7 Å². The van der Waals surface area contributed by atoms with E-state index < -0.39 is 0 Å². The van der Waals surface area contributed by atoms with Gasteiger partial charge in [-0.25, -0.2) is 0 Å². The number of nitrogens with two attached hydrogens (primary N) is 1. The van der Waals surface area contributed by atoms with E-state index in [-0.39, 0.29) is 0 Å². The molecule has 0 spiro atoms. The number of hydrogen-bond acceptors (Lipinski definition) is 2. The maximum Gasteiger partial charge on any atom is 0.0399 e. The van der Waals surface area contributed by atoms with Crippen LogP contribution in [0.4, 0.5) is 11.4 Å². The zero-order valence-corrected chi connectivity index (χ0v) is 11.2. The lowest BCUT2D eigenvalue weighted by molar-refractivity contribution is 0.751. The van der Waals surface area contributed by atoms with Crippen LogP contribution >= 0.6 is 0 Å². The Bertz CT molecular complexity index is 563. The molecule has 0 saturated carbocycles. The number of nitrogens with zero attached hydrogens (tertiary/aromatic N) is 1. The number of rotatable bonds is 4. The van der Waals surface area contributed by atoms with E-state index in [9.17, 15) is 0 Å². The highest BCUT2D eigenvalue weighted by Gasteiger charge is 2.17. The van der Waals surface area contributed by atoms with E-state index in [0.717, 1.165) is 25.2 Å². The van der Waals surface area contributed by atoms with Gasteiger partial charge in [0, 0.05) is 24.5 Å². The second-order valence-electron chi connectivity index (χ2n) is 5.21. The first kappa shape index (κ1) is 12.1. The fourth-order valence-electron chi connectivity index (χ4n) is 2.86. The first-order chi connectivity index (χ1) is 9.33. The molecule has 2 aromatic rings. The van der Waals surface area contributed by atoms with Gasteiger partial charge in [0.25, 0.3) is 0 Å². The SMILES string of the molecule is Nc1cccc(CCCN2CCc3ccccc32)c1. The minimum absolute atomic E-state index is 0.865. The number of anilines is 2. The summed E-state index contributed by atoms with van der Waals surface area (Å²) in [5, 5.41) is 0. The van der Waals surface area contributed by atoms with Gasteiger partial charge < -0.3 is 10.6 Å². The summed E-state index contributed by atoms with van der Waals surface area (Å²) in [6.07, 6.45) is 3.47. The number of fused-ring (bicyclic) bond motifs is 1. The maximum absolute atomic E-state index is 5.81. The predicted molar refractivity (Wildman–Crippen MR) is 81.5 cm³/mol. The number of hydrogen-bond donors (Lipinski definition) is 1. The van der Waals surface area contributed by atoms with E-state index >= 15 is 0 Å². The van der Waals surface area contributed by atoms with Crippen molar-refractivity contribution in [1.82, 2.24) is 0 Å². The van der Waals surface area contributed by atoms with Crippen LogP contribution in [0.1, 0.15) is 17.5 Å². The molecule has 0 bridgehead atoms. The highest BCUT2D eigenvalue weighted by atomic mass is 15.1. The highest BCUT2D eigenvalue weighted by molar-refractivity contribution is 5.57. The minimum atomic E-state index is 0.865. The Morgan fingerprint density at radius 2 is 1.95 bits per heavy atom. The summed E-state index contributed by atoms with van der Waals surface area (Å²) in [6.45, 7) is 2.29. The molecule has 3 rings (SSSR count). The summed E-state index contributed by atoms with van der Waals surface area (Å²) in [4.78, 5) is 2.50. The molecule has 0 saturated heterocycles. The van der Waals surface area contributed by atoms with Crippen molar-refractivity contribution in [2.45, 2.75) is 19.3 Å². The Balaban J connectivity index is 1.57. The largest absolute Gasteiger partial charge is 0.399 e. The molecule has 98 valence electrons. The van der Waals surface area contributed by atoms with Crippen LogP contribution in [0.25, 0.3) is 0 Å². The normalized spacial score (nSPS) is 13.6. The molecule has 0 atom stereocenters. The van der Waals surface area contributed by atoms with Gasteiger partial charge >= 0.3 is 0 Å². The predicted octanol–water partition coefficient (Wildman–Crippen LogP) is 3.26. The van der Waals surface area contributed by atoms with E-state index in [1.807, 2.05) is 12.1 Å². The third-order valence-corrected chi connectivity index (χ3v) is 3.83. The zero-order valence-electron chi connectivity index (χ0n) is 11.2. The number of nitrogen functional groups attached to an aromatic ring is 1. The summed E-state index contributed by atoms with van der Waals surface area (Å²) in [5.41, 5.74) is 10.9. The van der Waals surface area contributed by atoms with Crippen LogP contribution in [0.2, 0.25) is 0 Å². The molecule has 19 heavy (non-hydrogen) atoms. The third-order valence-electron chi connectivity index (χ3n) is 3.83. The molecule has 1 heterocycles. The Morgan fingerprint density at radius 3 is 2.84 bits per heavy atom. The van der Waals surface area contributed by atoms with Crippen molar-refractivity contribution in [2.75, 3.05) is 23.7 Å². The summed E-state index contributed by atoms with van der Waals surface area (Å²) in [5.74, 6) is 0. The lowest BCUT2D eigenvalue weighted by Gasteiger charge is -2.19. The van der Waals surface area contributed by atoms with Crippen LogP contribution in [0.3, 0.4) is 0 Å². The van der Waals surface area contributed by atoms with Crippen LogP contribution in [0.15, 0.2) is 48.5 Å². The topological polar surface area (TPSA) is 29.3 Å². The highest BCUT2D eigenvalue weighted by Crippen LogP contribution is 2.27. The van der Waals surface area contributed by atoms with Gasteiger partial charge in [-0.3, -0.25) is 0 Å². The molecule has 2 N–H and O–H groups in total.